The van der Waals surface area contributed by atoms with Crippen molar-refractivity contribution in [3.63, 3.8) is 0 Å². The number of carbonyl (C=O) groups excluding carboxylic acids is 1. The van der Waals surface area contributed by atoms with Gasteiger partial charge in [-0.05, 0) is 23.2 Å². The van der Waals surface area contributed by atoms with Crippen LogP contribution in [-0.2, 0) is 11.1 Å². The predicted molar refractivity (Wildman–Crippen MR) is 37.9 cm³/mol. The van der Waals surface area contributed by atoms with Gasteiger partial charge in [0, 0.05) is 5.56 Å². The van der Waals surface area contributed by atoms with Crippen LogP contribution in [0, 0.1) is 5.82 Å². The van der Waals surface area contributed by atoms with Gasteiger partial charge in [0.1, 0.15) is 5.82 Å². The fourth-order valence-corrected chi connectivity index (χ4v) is 1.16. The van der Waals surface area contributed by atoms with Crippen molar-refractivity contribution in [1.82, 2.24) is 0 Å². The number of carboxylic acid groups (broad SMARTS) is 1. The summed E-state index contributed by atoms with van der Waals surface area (Å²) < 4.78 is 33.4. The molecular formula is C7H3FNa2O4S. The Kier molecular flexibility index (Phi) is 9.55. The normalized spacial score (nSPS) is 10.8. The van der Waals surface area contributed by atoms with E-state index < -0.39 is 33.3 Å². The summed E-state index contributed by atoms with van der Waals surface area (Å²) in [7, 11) is 0. The van der Waals surface area contributed by atoms with Gasteiger partial charge < -0.3 is 14.5 Å². The van der Waals surface area contributed by atoms with Crippen LogP contribution in [0.25, 0.3) is 0 Å². The molecule has 15 heavy (non-hydrogen) atoms. The zero-order valence-corrected chi connectivity index (χ0v) is 13.0. The fourth-order valence-electron chi connectivity index (χ4n) is 0.763. The summed E-state index contributed by atoms with van der Waals surface area (Å²) in [6.45, 7) is 0. The summed E-state index contributed by atoms with van der Waals surface area (Å²) in [6, 6.07) is 2.42. The molecule has 0 saturated heterocycles. The Morgan fingerprint density at radius 3 is 2.20 bits per heavy atom. The van der Waals surface area contributed by atoms with E-state index in [-0.39, 0.29) is 59.1 Å². The molecule has 70 valence electrons. The minimum atomic E-state index is -2.70. The third-order valence-electron chi connectivity index (χ3n) is 1.35. The Bertz CT molecular complexity index is 385. The average Bonchev–Trinajstić information content (AvgIpc) is 2.03. The van der Waals surface area contributed by atoms with E-state index in [1.807, 2.05) is 0 Å². The molecule has 0 amide bonds. The zero-order chi connectivity index (χ0) is 10.0. The predicted octanol–water partition coefficient (Wildman–Crippen LogP) is -6.56. The molecule has 1 atom stereocenters. The molecule has 0 radical (unpaired) electrons. The van der Waals surface area contributed by atoms with Gasteiger partial charge >= 0.3 is 59.1 Å². The van der Waals surface area contributed by atoms with Crippen LogP contribution in [0.4, 0.5) is 4.39 Å². The molecule has 0 aliphatic carbocycles. The maximum absolute atomic E-state index is 12.8. The van der Waals surface area contributed by atoms with Gasteiger partial charge in [-0.1, -0.05) is 6.07 Å². The van der Waals surface area contributed by atoms with Crippen LogP contribution in [0.15, 0.2) is 23.1 Å². The number of carbonyl (C=O) groups is 1. The summed E-state index contributed by atoms with van der Waals surface area (Å²) in [5.41, 5.74) is -0.397. The van der Waals surface area contributed by atoms with Gasteiger partial charge in [0.25, 0.3) is 0 Å². The van der Waals surface area contributed by atoms with E-state index in [0.717, 1.165) is 12.1 Å². The van der Waals surface area contributed by atoms with Crippen molar-refractivity contribution in [2.24, 2.45) is 0 Å². The molecule has 0 aliphatic heterocycles. The number of aromatic carboxylic acids is 1. The summed E-state index contributed by atoms with van der Waals surface area (Å²) in [5, 5.41) is 10.2. The number of halogens is 1. The van der Waals surface area contributed by atoms with Crippen LogP contribution in [-0.4, -0.2) is 14.7 Å². The van der Waals surface area contributed by atoms with Gasteiger partial charge in [-0.15, -0.1) is 0 Å². The molecule has 0 aromatic heterocycles. The smallest absolute Gasteiger partial charge is 0.768 e. The topological polar surface area (TPSA) is 80.3 Å². The maximum atomic E-state index is 12.8. The van der Waals surface area contributed by atoms with Crippen molar-refractivity contribution in [2.75, 3.05) is 0 Å². The Labute approximate surface area is 132 Å². The molecule has 0 fully saturated rings. The summed E-state index contributed by atoms with van der Waals surface area (Å²) in [5.74, 6) is -2.66. The molecule has 0 spiro atoms. The van der Waals surface area contributed by atoms with E-state index in [1.165, 1.54) is 0 Å². The minimum Gasteiger partial charge on any atom is -0.768 e. The van der Waals surface area contributed by atoms with E-state index in [9.17, 15) is 23.1 Å². The quantitative estimate of drug-likeness (QED) is 0.385. The van der Waals surface area contributed by atoms with Crippen molar-refractivity contribution in [2.45, 2.75) is 4.90 Å². The molecule has 0 saturated carbocycles. The molecule has 1 aromatic carbocycles. The summed E-state index contributed by atoms with van der Waals surface area (Å²) >= 11 is -2.70. The maximum Gasteiger partial charge on any atom is 1.00 e. The molecule has 1 unspecified atom stereocenters. The van der Waals surface area contributed by atoms with Gasteiger partial charge in [0.15, 0.2) is 0 Å². The first kappa shape index (κ1) is 18.1. The Morgan fingerprint density at radius 2 is 1.87 bits per heavy atom. The van der Waals surface area contributed by atoms with Crippen molar-refractivity contribution in [3.8, 4) is 0 Å². The third-order valence-corrected chi connectivity index (χ3v) is 2.04. The zero-order valence-electron chi connectivity index (χ0n) is 8.15. The van der Waals surface area contributed by atoms with Gasteiger partial charge in [-0.3, -0.25) is 4.21 Å². The standard InChI is InChI=1S/C7H5FO4S.2Na/c8-5-3-4(7(9)10)1-2-6(5)13(11)12;;/h1-3H,(H,9,10)(H,11,12);;/q;2*+1/p-2. The van der Waals surface area contributed by atoms with Crippen molar-refractivity contribution in [1.29, 1.82) is 0 Å². The number of hydrogen-bond donors (Lipinski definition) is 0. The van der Waals surface area contributed by atoms with Crippen LogP contribution in [0.2, 0.25) is 0 Å². The van der Waals surface area contributed by atoms with Crippen LogP contribution in [0.1, 0.15) is 10.4 Å². The van der Waals surface area contributed by atoms with Gasteiger partial charge in [0.05, 0.1) is 10.9 Å². The molecule has 4 nitrogen and oxygen atoms in total. The monoisotopic (exact) mass is 248 g/mol. The van der Waals surface area contributed by atoms with Crippen molar-refractivity contribution >= 4 is 17.0 Å². The third kappa shape index (κ3) is 5.06. The molecule has 8 heteroatoms. The van der Waals surface area contributed by atoms with Crippen LogP contribution >= 0.6 is 0 Å². The van der Waals surface area contributed by atoms with Crippen LogP contribution in [0.5, 0.6) is 0 Å². The summed E-state index contributed by atoms with van der Waals surface area (Å²) in [6.07, 6.45) is 0. The Morgan fingerprint density at radius 1 is 1.33 bits per heavy atom. The molecule has 1 rings (SSSR count). The van der Waals surface area contributed by atoms with E-state index >= 15 is 0 Å². The van der Waals surface area contributed by atoms with Crippen LogP contribution < -0.4 is 64.2 Å². The SMILES string of the molecule is O=C([O-])c1ccc(S(=O)[O-])c(F)c1.[Na+].[Na+]. The Balaban J connectivity index is 0. The number of rotatable bonds is 2. The average molecular weight is 248 g/mol. The molecule has 1 aromatic rings. The second-order valence-electron chi connectivity index (χ2n) is 2.17. The van der Waals surface area contributed by atoms with Gasteiger partial charge in [0.2, 0.25) is 0 Å². The second-order valence-corrected chi connectivity index (χ2v) is 3.08. The molecule has 0 bridgehead atoms. The van der Waals surface area contributed by atoms with E-state index in [4.69, 9.17) is 0 Å². The number of benzene rings is 1. The minimum absolute atomic E-state index is 0. The second kappa shape index (κ2) is 7.92. The number of hydrogen-bond acceptors (Lipinski definition) is 4. The van der Waals surface area contributed by atoms with Gasteiger partial charge in [-0.2, -0.15) is 0 Å². The van der Waals surface area contributed by atoms with Crippen molar-refractivity contribution < 1.29 is 82.2 Å². The first-order valence-electron chi connectivity index (χ1n) is 3.12. The molecule has 0 heterocycles. The first-order chi connectivity index (χ1) is 6.02. The largest absolute Gasteiger partial charge is 1.00 e. The molecule has 0 N–H and O–H groups in total. The van der Waals surface area contributed by atoms with Crippen molar-refractivity contribution in [3.05, 3.63) is 29.6 Å². The molecule has 0 aliphatic rings. The van der Waals surface area contributed by atoms with E-state index in [2.05, 4.69) is 0 Å². The molecular weight excluding hydrogens is 245 g/mol. The Hall–Kier alpha value is 0.730. The van der Waals surface area contributed by atoms with E-state index in [1.54, 1.807) is 0 Å². The fraction of sp³-hybridized carbons (Fsp3) is 0. The van der Waals surface area contributed by atoms with Crippen LogP contribution in [0.3, 0.4) is 0 Å². The first-order valence-corrected chi connectivity index (χ1v) is 4.20. The number of carboxylic acids is 1. The van der Waals surface area contributed by atoms with E-state index in [0.29, 0.717) is 6.07 Å². The summed E-state index contributed by atoms with van der Waals surface area (Å²) in [4.78, 5) is 9.64. The van der Waals surface area contributed by atoms with Gasteiger partial charge in [-0.25, -0.2) is 4.39 Å².